The molecule has 0 aliphatic rings. The number of hydrogen-bond donors (Lipinski definition) is 1. The van der Waals surface area contributed by atoms with Crippen LogP contribution in [0.2, 0.25) is 5.02 Å². The van der Waals surface area contributed by atoms with E-state index >= 15 is 0 Å². The average molecular weight is 566 g/mol. The van der Waals surface area contributed by atoms with Gasteiger partial charge < -0.3 is 15.0 Å². The van der Waals surface area contributed by atoms with Gasteiger partial charge in [-0.25, -0.2) is 8.42 Å². The van der Waals surface area contributed by atoms with Gasteiger partial charge in [0.25, 0.3) is 0 Å². The molecular weight excluding hydrogens is 526 g/mol. The first-order valence-electron chi connectivity index (χ1n) is 13.1. The van der Waals surface area contributed by atoms with Gasteiger partial charge in [0.2, 0.25) is 21.8 Å². The number of para-hydroxylation sites is 2. The van der Waals surface area contributed by atoms with Crippen molar-refractivity contribution in [3.8, 4) is 5.75 Å². The zero-order valence-electron chi connectivity index (χ0n) is 22.9. The van der Waals surface area contributed by atoms with E-state index in [-0.39, 0.29) is 43.8 Å². The first-order chi connectivity index (χ1) is 18.0. The molecule has 0 saturated heterocycles. The molecule has 0 aliphatic heterocycles. The van der Waals surface area contributed by atoms with E-state index in [4.69, 9.17) is 16.3 Å². The molecule has 2 atom stereocenters. The lowest BCUT2D eigenvalue weighted by molar-refractivity contribution is -0.141. The van der Waals surface area contributed by atoms with E-state index in [1.165, 1.54) is 4.31 Å². The van der Waals surface area contributed by atoms with Crippen LogP contribution in [0.4, 0.5) is 5.69 Å². The monoisotopic (exact) mass is 565 g/mol. The topological polar surface area (TPSA) is 96.0 Å². The number of nitrogens with one attached hydrogen (secondary N) is 1. The summed E-state index contributed by atoms with van der Waals surface area (Å²) in [4.78, 5) is 28.2. The maximum atomic E-state index is 13.5. The van der Waals surface area contributed by atoms with Crippen LogP contribution in [-0.4, -0.2) is 56.6 Å². The molecule has 2 rings (SSSR count). The van der Waals surface area contributed by atoms with Crippen LogP contribution in [0.15, 0.2) is 48.5 Å². The standard InChI is InChI=1S/C28H40ClN3O5S/c1-6-21(4)30-28(34)24(7-2)31(20-22-15-17-23(29)18-16-22)27(33)14-11-19-32(38(5,35)36)25-12-9-10-13-26(25)37-8-3/h9-10,12-13,15-18,21,24H,6-8,11,14,19-20H2,1-5H3,(H,30,34)/t21-,24+/m1/s1. The van der Waals surface area contributed by atoms with Gasteiger partial charge in [-0.05, 0) is 62.9 Å². The van der Waals surface area contributed by atoms with Crippen molar-refractivity contribution in [1.82, 2.24) is 10.2 Å². The van der Waals surface area contributed by atoms with Gasteiger partial charge in [0.15, 0.2) is 0 Å². The molecule has 0 aliphatic carbocycles. The van der Waals surface area contributed by atoms with E-state index in [9.17, 15) is 18.0 Å². The zero-order valence-corrected chi connectivity index (χ0v) is 24.5. The van der Waals surface area contributed by atoms with Crippen LogP contribution in [0, 0.1) is 0 Å². The quantitative estimate of drug-likeness (QED) is 0.327. The molecule has 0 unspecified atom stereocenters. The molecule has 0 heterocycles. The van der Waals surface area contributed by atoms with Crippen LogP contribution in [0.1, 0.15) is 58.9 Å². The molecule has 0 saturated carbocycles. The summed E-state index contributed by atoms with van der Waals surface area (Å²) in [6, 6.07) is 13.4. The van der Waals surface area contributed by atoms with Gasteiger partial charge in [-0.2, -0.15) is 0 Å². The summed E-state index contributed by atoms with van der Waals surface area (Å²) in [5, 5.41) is 3.57. The number of hydrogen-bond acceptors (Lipinski definition) is 5. The predicted octanol–water partition coefficient (Wildman–Crippen LogP) is 5.01. The fraction of sp³-hybridized carbons (Fsp3) is 0.500. The maximum absolute atomic E-state index is 13.5. The van der Waals surface area contributed by atoms with Crippen LogP contribution in [0.3, 0.4) is 0 Å². The molecule has 2 aromatic rings. The lowest BCUT2D eigenvalue weighted by Crippen LogP contribution is -2.50. The third-order valence-electron chi connectivity index (χ3n) is 6.24. The number of sulfonamides is 1. The molecule has 8 nitrogen and oxygen atoms in total. The fourth-order valence-corrected chi connectivity index (χ4v) is 5.17. The molecule has 2 amide bonds. The van der Waals surface area contributed by atoms with Crippen LogP contribution in [0.25, 0.3) is 0 Å². The van der Waals surface area contributed by atoms with E-state index in [1.54, 1.807) is 41.3 Å². The first-order valence-corrected chi connectivity index (χ1v) is 15.3. The Morgan fingerprint density at radius 3 is 2.26 bits per heavy atom. The normalized spacial score (nSPS) is 12.9. The second-order valence-electron chi connectivity index (χ2n) is 9.23. The molecule has 210 valence electrons. The van der Waals surface area contributed by atoms with Crippen molar-refractivity contribution in [1.29, 1.82) is 0 Å². The Hall–Kier alpha value is -2.78. The molecule has 1 N–H and O–H groups in total. The van der Waals surface area contributed by atoms with E-state index in [0.717, 1.165) is 18.2 Å². The van der Waals surface area contributed by atoms with E-state index in [0.29, 0.717) is 29.5 Å². The Balaban J connectivity index is 2.25. The molecule has 0 spiro atoms. The van der Waals surface area contributed by atoms with Gasteiger partial charge in [-0.3, -0.25) is 13.9 Å². The number of carbonyl (C=O) groups excluding carboxylic acids is 2. The van der Waals surface area contributed by atoms with Gasteiger partial charge in [0.1, 0.15) is 11.8 Å². The summed E-state index contributed by atoms with van der Waals surface area (Å²) < 4.78 is 32.2. The lowest BCUT2D eigenvalue weighted by Gasteiger charge is -2.32. The Kier molecular flexibility index (Phi) is 12.4. The molecule has 38 heavy (non-hydrogen) atoms. The highest BCUT2D eigenvalue weighted by Crippen LogP contribution is 2.30. The second-order valence-corrected chi connectivity index (χ2v) is 11.6. The Morgan fingerprint density at radius 2 is 1.68 bits per heavy atom. The molecule has 0 bridgehead atoms. The Morgan fingerprint density at radius 1 is 1.03 bits per heavy atom. The van der Waals surface area contributed by atoms with E-state index < -0.39 is 16.1 Å². The summed E-state index contributed by atoms with van der Waals surface area (Å²) >= 11 is 6.03. The Bertz CT molecular complexity index is 1160. The van der Waals surface area contributed by atoms with Crippen LogP contribution < -0.4 is 14.4 Å². The average Bonchev–Trinajstić information content (AvgIpc) is 2.87. The van der Waals surface area contributed by atoms with Crippen LogP contribution in [0.5, 0.6) is 5.75 Å². The summed E-state index contributed by atoms with van der Waals surface area (Å²) in [6.07, 6.45) is 2.70. The van der Waals surface area contributed by atoms with Crippen molar-refractivity contribution in [3.63, 3.8) is 0 Å². The number of rotatable bonds is 15. The van der Waals surface area contributed by atoms with Gasteiger partial charge in [-0.15, -0.1) is 0 Å². The van der Waals surface area contributed by atoms with Crippen molar-refractivity contribution >= 4 is 39.1 Å². The summed E-state index contributed by atoms with van der Waals surface area (Å²) in [5.74, 6) is 0.0362. The number of amides is 2. The van der Waals surface area contributed by atoms with E-state index in [1.807, 2.05) is 39.8 Å². The van der Waals surface area contributed by atoms with Crippen molar-refractivity contribution in [2.75, 3.05) is 23.7 Å². The highest BCUT2D eigenvalue weighted by atomic mass is 35.5. The highest BCUT2D eigenvalue weighted by Gasteiger charge is 2.29. The summed E-state index contributed by atoms with van der Waals surface area (Å²) in [6.45, 7) is 8.35. The number of carbonyl (C=O) groups is 2. The van der Waals surface area contributed by atoms with E-state index in [2.05, 4.69) is 5.32 Å². The minimum Gasteiger partial charge on any atom is -0.492 e. The van der Waals surface area contributed by atoms with Crippen molar-refractivity contribution in [2.45, 2.75) is 72.0 Å². The number of ether oxygens (including phenoxy) is 1. The molecular formula is C28H40ClN3O5S. The molecule has 2 aromatic carbocycles. The third kappa shape index (κ3) is 9.20. The lowest BCUT2D eigenvalue weighted by atomic mass is 10.1. The second kappa shape index (κ2) is 15.0. The van der Waals surface area contributed by atoms with Crippen LogP contribution in [-0.2, 0) is 26.2 Å². The SMILES string of the molecule is CCOc1ccccc1N(CCCC(=O)N(Cc1ccc(Cl)cc1)[C@@H](CC)C(=O)N[C@H](C)CC)S(C)(=O)=O. The largest absolute Gasteiger partial charge is 0.492 e. The maximum Gasteiger partial charge on any atom is 0.243 e. The predicted molar refractivity (Wildman–Crippen MR) is 153 cm³/mol. The summed E-state index contributed by atoms with van der Waals surface area (Å²) in [5.41, 5.74) is 1.28. The van der Waals surface area contributed by atoms with Gasteiger partial charge >= 0.3 is 0 Å². The number of nitrogens with zero attached hydrogens (tertiary/aromatic N) is 2. The summed E-state index contributed by atoms with van der Waals surface area (Å²) in [7, 11) is -3.63. The molecule has 0 radical (unpaired) electrons. The van der Waals surface area contributed by atoms with Crippen molar-refractivity contribution in [2.24, 2.45) is 0 Å². The first kappa shape index (κ1) is 31.4. The minimum atomic E-state index is -3.63. The van der Waals surface area contributed by atoms with Crippen LogP contribution >= 0.6 is 11.6 Å². The number of anilines is 1. The smallest absolute Gasteiger partial charge is 0.243 e. The fourth-order valence-electron chi connectivity index (χ4n) is 4.07. The zero-order chi connectivity index (χ0) is 28.3. The number of halogens is 1. The third-order valence-corrected chi connectivity index (χ3v) is 7.67. The van der Waals surface area contributed by atoms with Gasteiger partial charge in [-0.1, -0.05) is 49.7 Å². The molecule has 0 aromatic heterocycles. The van der Waals surface area contributed by atoms with Gasteiger partial charge in [0, 0.05) is 30.6 Å². The van der Waals surface area contributed by atoms with Gasteiger partial charge in [0.05, 0.1) is 18.6 Å². The highest BCUT2D eigenvalue weighted by molar-refractivity contribution is 7.92. The minimum absolute atomic E-state index is 0.0160. The Labute approximate surface area is 232 Å². The molecule has 10 heteroatoms. The molecule has 0 fully saturated rings. The van der Waals surface area contributed by atoms with Crippen molar-refractivity contribution < 1.29 is 22.7 Å². The van der Waals surface area contributed by atoms with Crippen molar-refractivity contribution in [3.05, 3.63) is 59.1 Å². The number of benzene rings is 2.